The molecule has 0 spiro atoms. The molecule has 0 aliphatic carbocycles. The molecule has 0 unspecified atom stereocenters. The predicted molar refractivity (Wildman–Crippen MR) is 77.4 cm³/mol. The topological polar surface area (TPSA) is 92.7 Å². The van der Waals surface area contributed by atoms with Gasteiger partial charge < -0.3 is 9.84 Å². The first-order valence-corrected chi connectivity index (χ1v) is 8.16. The maximum atomic E-state index is 12.0. The number of aromatic carboxylic acids is 1. The highest BCUT2D eigenvalue weighted by molar-refractivity contribution is 9.10. The Kier molecular flexibility index (Phi) is 6.12. The minimum Gasteiger partial charge on any atom is -0.478 e. The van der Waals surface area contributed by atoms with Gasteiger partial charge >= 0.3 is 5.97 Å². The largest absolute Gasteiger partial charge is 0.478 e. The standard InChI is InChI=1S/C12H16BrNO5S/c1-8(2)19-6-5-14-20(17,18)9-3-4-11(13)10(7-9)12(15)16/h3-4,7-8,14H,5-6H2,1-2H3,(H,15,16). The molecular formula is C12H16BrNO5S. The van der Waals surface area contributed by atoms with Crippen molar-refractivity contribution in [3.8, 4) is 0 Å². The minimum atomic E-state index is -3.75. The van der Waals surface area contributed by atoms with Crippen LogP contribution >= 0.6 is 15.9 Å². The second-order valence-electron chi connectivity index (χ2n) is 4.26. The van der Waals surface area contributed by atoms with Crippen molar-refractivity contribution >= 4 is 31.9 Å². The Hall–Kier alpha value is -0.960. The predicted octanol–water partition coefficient (Wildman–Crippen LogP) is 1.85. The van der Waals surface area contributed by atoms with Crippen molar-refractivity contribution in [2.75, 3.05) is 13.2 Å². The van der Waals surface area contributed by atoms with Crippen LogP contribution in [0, 0.1) is 0 Å². The zero-order chi connectivity index (χ0) is 15.3. The van der Waals surface area contributed by atoms with E-state index in [-0.39, 0.29) is 29.7 Å². The number of carboxylic acid groups (broad SMARTS) is 1. The van der Waals surface area contributed by atoms with E-state index >= 15 is 0 Å². The first kappa shape index (κ1) is 17.1. The first-order chi connectivity index (χ1) is 9.24. The van der Waals surface area contributed by atoms with Crippen molar-refractivity contribution in [2.45, 2.75) is 24.8 Å². The maximum absolute atomic E-state index is 12.0. The van der Waals surface area contributed by atoms with E-state index in [0.29, 0.717) is 4.47 Å². The lowest BCUT2D eigenvalue weighted by molar-refractivity contribution is 0.0695. The molecule has 0 saturated carbocycles. The number of benzene rings is 1. The molecule has 1 aromatic rings. The summed E-state index contributed by atoms with van der Waals surface area (Å²) in [5.74, 6) is -1.20. The Morgan fingerprint density at radius 3 is 2.65 bits per heavy atom. The summed E-state index contributed by atoms with van der Waals surface area (Å²) in [7, 11) is -3.75. The van der Waals surface area contributed by atoms with Gasteiger partial charge in [0.05, 0.1) is 23.2 Å². The monoisotopic (exact) mass is 365 g/mol. The molecule has 0 fully saturated rings. The Morgan fingerprint density at radius 2 is 2.10 bits per heavy atom. The van der Waals surface area contributed by atoms with Crippen LogP contribution in [0.25, 0.3) is 0 Å². The van der Waals surface area contributed by atoms with Crippen LogP contribution in [-0.4, -0.2) is 38.7 Å². The summed E-state index contributed by atoms with van der Waals surface area (Å²) in [6, 6.07) is 3.84. The second-order valence-corrected chi connectivity index (χ2v) is 6.89. The van der Waals surface area contributed by atoms with Gasteiger partial charge in [-0.15, -0.1) is 0 Å². The van der Waals surface area contributed by atoms with Gasteiger partial charge in [-0.2, -0.15) is 0 Å². The Balaban J connectivity index is 2.82. The molecule has 8 heteroatoms. The number of carbonyl (C=O) groups is 1. The van der Waals surface area contributed by atoms with E-state index in [0.717, 1.165) is 6.07 Å². The Labute approximate surface area is 126 Å². The van der Waals surface area contributed by atoms with Gasteiger partial charge in [-0.3, -0.25) is 0 Å². The van der Waals surface area contributed by atoms with Crippen molar-refractivity contribution in [2.24, 2.45) is 0 Å². The lowest BCUT2D eigenvalue weighted by atomic mass is 10.2. The minimum absolute atomic E-state index is 0.0193. The number of ether oxygens (including phenoxy) is 1. The molecule has 0 bridgehead atoms. The smallest absolute Gasteiger partial charge is 0.336 e. The summed E-state index contributed by atoms with van der Waals surface area (Å²) in [6.45, 7) is 4.07. The molecule has 6 nitrogen and oxygen atoms in total. The van der Waals surface area contributed by atoms with Crippen molar-refractivity contribution in [1.29, 1.82) is 0 Å². The number of hydrogen-bond donors (Lipinski definition) is 2. The Morgan fingerprint density at radius 1 is 1.45 bits per heavy atom. The van der Waals surface area contributed by atoms with E-state index < -0.39 is 16.0 Å². The lowest BCUT2D eigenvalue weighted by Crippen LogP contribution is -2.28. The fourth-order valence-electron chi connectivity index (χ4n) is 1.39. The van der Waals surface area contributed by atoms with Crippen LogP contribution in [0.2, 0.25) is 0 Å². The molecule has 0 aromatic heterocycles. The SMILES string of the molecule is CC(C)OCCNS(=O)(=O)c1ccc(Br)c(C(=O)O)c1. The second kappa shape index (κ2) is 7.16. The normalized spacial score (nSPS) is 11.8. The summed E-state index contributed by atoms with van der Waals surface area (Å²) in [5, 5.41) is 8.97. The van der Waals surface area contributed by atoms with Gasteiger partial charge in [0, 0.05) is 11.0 Å². The lowest BCUT2D eigenvalue weighted by Gasteiger charge is -2.10. The van der Waals surface area contributed by atoms with Gasteiger partial charge in [-0.1, -0.05) is 0 Å². The van der Waals surface area contributed by atoms with Gasteiger partial charge in [0.2, 0.25) is 10.0 Å². The van der Waals surface area contributed by atoms with Crippen molar-refractivity contribution in [1.82, 2.24) is 4.72 Å². The first-order valence-electron chi connectivity index (χ1n) is 5.88. The third-order valence-electron chi connectivity index (χ3n) is 2.32. The average Bonchev–Trinajstić information content (AvgIpc) is 2.34. The van der Waals surface area contributed by atoms with Crippen LogP contribution in [0.5, 0.6) is 0 Å². The van der Waals surface area contributed by atoms with Crippen molar-refractivity contribution < 1.29 is 23.1 Å². The molecule has 0 aliphatic heterocycles. The van der Waals surface area contributed by atoms with Gasteiger partial charge in [0.1, 0.15) is 0 Å². The van der Waals surface area contributed by atoms with Crippen LogP contribution in [0.15, 0.2) is 27.6 Å². The van der Waals surface area contributed by atoms with Crippen LogP contribution in [0.1, 0.15) is 24.2 Å². The summed E-state index contributed by atoms with van der Waals surface area (Å²) in [4.78, 5) is 10.9. The molecule has 0 amide bonds. The number of nitrogens with one attached hydrogen (secondary N) is 1. The van der Waals surface area contributed by atoms with Crippen molar-refractivity contribution in [3.05, 3.63) is 28.2 Å². The molecule has 112 valence electrons. The van der Waals surface area contributed by atoms with E-state index in [1.54, 1.807) is 0 Å². The summed E-state index contributed by atoms with van der Waals surface area (Å²) >= 11 is 3.06. The van der Waals surface area contributed by atoms with E-state index in [1.165, 1.54) is 12.1 Å². The molecule has 1 aromatic carbocycles. The molecule has 0 aliphatic rings. The average molecular weight is 366 g/mol. The van der Waals surface area contributed by atoms with E-state index in [9.17, 15) is 13.2 Å². The number of sulfonamides is 1. The Bertz CT molecular complexity index is 586. The summed E-state index contributed by atoms with van der Waals surface area (Å²) in [5.41, 5.74) is -0.105. The molecule has 0 saturated heterocycles. The highest BCUT2D eigenvalue weighted by atomic mass is 79.9. The molecule has 1 rings (SSSR count). The third-order valence-corrected chi connectivity index (χ3v) is 4.47. The number of carboxylic acids is 1. The zero-order valence-corrected chi connectivity index (χ0v) is 13.5. The fourth-order valence-corrected chi connectivity index (χ4v) is 2.84. The fraction of sp³-hybridized carbons (Fsp3) is 0.417. The quantitative estimate of drug-likeness (QED) is 0.719. The van der Waals surface area contributed by atoms with E-state index in [4.69, 9.17) is 9.84 Å². The van der Waals surface area contributed by atoms with Crippen LogP contribution in [0.3, 0.4) is 0 Å². The molecule has 2 N–H and O–H groups in total. The zero-order valence-electron chi connectivity index (χ0n) is 11.1. The number of halogens is 1. The molecule has 0 radical (unpaired) electrons. The molecule has 20 heavy (non-hydrogen) atoms. The summed E-state index contributed by atoms with van der Waals surface area (Å²) in [6.07, 6.45) is 0.0193. The van der Waals surface area contributed by atoms with Gasteiger partial charge in [-0.25, -0.2) is 17.9 Å². The summed E-state index contributed by atoms with van der Waals surface area (Å²) < 4.78 is 31.9. The number of rotatable bonds is 7. The highest BCUT2D eigenvalue weighted by Crippen LogP contribution is 2.20. The van der Waals surface area contributed by atoms with E-state index in [2.05, 4.69) is 20.7 Å². The number of hydrogen-bond acceptors (Lipinski definition) is 4. The van der Waals surface area contributed by atoms with Crippen LogP contribution in [-0.2, 0) is 14.8 Å². The maximum Gasteiger partial charge on any atom is 0.336 e. The van der Waals surface area contributed by atoms with Gasteiger partial charge in [-0.05, 0) is 48.0 Å². The van der Waals surface area contributed by atoms with Crippen molar-refractivity contribution in [3.63, 3.8) is 0 Å². The van der Waals surface area contributed by atoms with Crippen LogP contribution < -0.4 is 4.72 Å². The molecule has 0 heterocycles. The molecule has 0 atom stereocenters. The third kappa shape index (κ3) is 4.86. The molecular weight excluding hydrogens is 350 g/mol. The van der Waals surface area contributed by atoms with Crippen LogP contribution in [0.4, 0.5) is 0 Å². The van der Waals surface area contributed by atoms with E-state index in [1.807, 2.05) is 13.8 Å². The van der Waals surface area contributed by atoms with Gasteiger partial charge in [0.25, 0.3) is 0 Å². The highest BCUT2D eigenvalue weighted by Gasteiger charge is 2.17. The van der Waals surface area contributed by atoms with Gasteiger partial charge in [0.15, 0.2) is 0 Å².